The van der Waals surface area contributed by atoms with E-state index in [1.54, 1.807) is 0 Å². The summed E-state index contributed by atoms with van der Waals surface area (Å²) >= 11 is 0. The summed E-state index contributed by atoms with van der Waals surface area (Å²) in [6, 6.07) is 0. The fourth-order valence-electron chi connectivity index (χ4n) is 4.48. The summed E-state index contributed by atoms with van der Waals surface area (Å²) in [7, 11) is 0. The monoisotopic (exact) mass is 296 g/mol. The summed E-state index contributed by atoms with van der Waals surface area (Å²) in [5.74, 6) is -1.52. The van der Waals surface area contributed by atoms with E-state index in [0.29, 0.717) is 18.3 Å². The summed E-state index contributed by atoms with van der Waals surface area (Å²) in [5.41, 5.74) is 0.452. The van der Waals surface area contributed by atoms with Crippen LogP contribution in [0.15, 0.2) is 0 Å². The molecule has 4 heteroatoms. The van der Waals surface area contributed by atoms with Crippen LogP contribution in [0.3, 0.4) is 0 Å². The van der Waals surface area contributed by atoms with Crippen LogP contribution < -0.4 is 0 Å². The van der Waals surface area contributed by atoms with Gasteiger partial charge in [-0.05, 0) is 62.2 Å². The zero-order valence-electron chi connectivity index (χ0n) is 12.9. The molecule has 2 aliphatic carbocycles. The van der Waals surface area contributed by atoms with Crippen LogP contribution in [-0.2, 0) is 9.59 Å². The summed E-state index contributed by atoms with van der Waals surface area (Å²) in [4.78, 5) is 21.8. The SMILES string of the molecule is O=C(O)CCC1(CCC(=O)O)CCC2(CCCCC2)CC1. The van der Waals surface area contributed by atoms with Gasteiger partial charge in [0.1, 0.15) is 0 Å². The van der Waals surface area contributed by atoms with Gasteiger partial charge in [-0.1, -0.05) is 19.3 Å². The Bertz CT molecular complexity index is 352. The lowest BCUT2D eigenvalue weighted by Gasteiger charge is -2.48. The van der Waals surface area contributed by atoms with E-state index in [4.69, 9.17) is 10.2 Å². The molecule has 0 saturated heterocycles. The van der Waals surface area contributed by atoms with Gasteiger partial charge < -0.3 is 10.2 Å². The number of carboxylic acids is 2. The Labute approximate surface area is 126 Å². The summed E-state index contributed by atoms with van der Waals surface area (Å²) < 4.78 is 0. The van der Waals surface area contributed by atoms with Gasteiger partial charge in [0.25, 0.3) is 0 Å². The maximum Gasteiger partial charge on any atom is 0.303 e. The van der Waals surface area contributed by atoms with Crippen molar-refractivity contribution in [3.63, 3.8) is 0 Å². The minimum atomic E-state index is -0.761. The smallest absolute Gasteiger partial charge is 0.303 e. The Morgan fingerprint density at radius 2 is 1.19 bits per heavy atom. The standard InChI is InChI=1S/C17H28O4/c18-14(19)4-8-17(9-5-15(20)21)12-10-16(11-13-17)6-2-1-3-7-16/h1-13H2,(H,18,19)(H,20,21). The van der Waals surface area contributed by atoms with E-state index in [9.17, 15) is 9.59 Å². The van der Waals surface area contributed by atoms with Crippen molar-refractivity contribution >= 4 is 11.9 Å². The van der Waals surface area contributed by atoms with Gasteiger partial charge in [0, 0.05) is 12.8 Å². The van der Waals surface area contributed by atoms with Crippen LogP contribution in [0.5, 0.6) is 0 Å². The van der Waals surface area contributed by atoms with Crippen molar-refractivity contribution in [3.05, 3.63) is 0 Å². The molecule has 0 unspecified atom stereocenters. The van der Waals surface area contributed by atoms with Crippen LogP contribution in [0.4, 0.5) is 0 Å². The van der Waals surface area contributed by atoms with Crippen molar-refractivity contribution in [2.75, 3.05) is 0 Å². The number of hydrogen-bond donors (Lipinski definition) is 2. The first-order valence-corrected chi connectivity index (χ1v) is 8.39. The molecule has 2 fully saturated rings. The number of aliphatic carboxylic acids is 2. The van der Waals surface area contributed by atoms with E-state index in [-0.39, 0.29) is 18.3 Å². The van der Waals surface area contributed by atoms with E-state index in [2.05, 4.69) is 0 Å². The molecule has 2 aliphatic rings. The van der Waals surface area contributed by atoms with E-state index in [1.165, 1.54) is 44.9 Å². The van der Waals surface area contributed by atoms with Gasteiger partial charge in [-0.25, -0.2) is 0 Å². The quantitative estimate of drug-likeness (QED) is 0.769. The lowest BCUT2D eigenvalue weighted by Crippen LogP contribution is -2.36. The van der Waals surface area contributed by atoms with Crippen LogP contribution in [0.25, 0.3) is 0 Å². The Hall–Kier alpha value is -1.06. The van der Waals surface area contributed by atoms with Crippen molar-refractivity contribution < 1.29 is 19.8 Å². The van der Waals surface area contributed by atoms with Crippen LogP contribution >= 0.6 is 0 Å². The highest BCUT2D eigenvalue weighted by Gasteiger charge is 2.42. The Morgan fingerprint density at radius 3 is 1.62 bits per heavy atom. The molecule has 0 amide bonds. The predicted molar refractivity (Wildman–Crippen MR) is 80.2 cm³/mol. The van der Waals surface area contributed by atoms with Crippen LogP contribution in [0, 0.1) is 10.8 Å². The predicted octanol–water partition coefficient (Wildman–Crippen LogP) is 4.23. The number of hydrogen-bond acceptors (Lipinski definition) is 2. The lowest BCUT2D eigenvalue weighted by molar-refractivity contribution is -0.138. The van der Waals surface area contributed by atoms with Gasteiger partial charge in [-0.2, -0.15) is 0 Å². The third-order valence-electron chi connectivity index (χ3n) is 6.02. The van der Waals surface area contributed by atoms with E-state index in [0.717, 1.165) is 12.8 Å². The first-order valence-electron chi connectivity index (χ1n) is 8.39. The molecule has 2 N–H and O–H groups in total. The average Bonchev–Trinajstić information content (AvgIpc) is 2.47. The molecule has 21 heavy (non-hydrogen) atoms. The van der Waals surface area contributed by atoms with Crippen LogP contribution in [0.1, 0.15) is 83.5 Å². The third-order valence-corrected chi connectivity index (χ3v) is 6.02. The molecule has 0 aliphatic heterocycles. The first-order chi connectivity index (χ1) is 9.95. The maximum absolute atomic E-state index is 10.9. The molecule has 120 valence electrons. The molecule has 0 bridgehead atoms. The highest BCUT2D eigenvalue weighted by Crippen LogP contribution is 2.55. The van der Waals surface area contributed by atoms with E-state index < -0.39 is 11.9 Å². The molecule has 0 aromatic rings. The largest absolute Gasteiger partial charge is 0.481 e. The summed E-state index contributed by atoms with van der Waals surface area (Å²) in [6.45, 7) is 0. The molecular formula is C17H28O4. The lowest BCUT2D eigenvalue weighted by atomic mass is 9.57. The van der Waals surface area contributed by atoms with Crippen LogP contribution in [-0.4, -0.2) is 22.2 Å². The first kappa shape index (κ1) is 16.3. The van der Waals surface area contributed by atoms with E-state index >= 15 is 0 Å². The minimum Gasteiger partial charge on any atom is -0.481 e. The van der Waals surface area contributed by atoms with Gasteiger partial charge in [0.05, 0.1) is 0 Å². The molecule has 0 aromatic carbocycles. The van der Waals surface area contributed by atoms with Crippen molar-refractivity contribution in [3.8, 4) is 0 Å². The molecule has 4 nitrogen and oxygen atoms in total. The maximum atomic E-state index is 10.9. The highest BCUT2D eigenvalue weighted by atomic mass is 16.4. The summed E-state index contributed by atoms with van der Waals surface area (Å²) in [6.07, 6.45) is 12.7. The van der Waals surface area contributed by atoms with Crippen molar-refractivity contribution in [2.45, 2.75) is 83.5 Å². The number of carboxylic acid groups (broad SMARTS) is 2. The fourth-order valence-corrected chi connectivity index (χ4v) is 4.48. The molecule has 0 atom stereocenters. The van der Waals surface area contributed by atoms with Gasteiger partial charge >= 0.3 is 11.9 Å². The molecule has 1 spiro atoms. The molecule has 0 aromatic heterocycles. The third kappa shape index (κ3) is 4.45. The van der Waals surface area contributed by atoms with Crippen molar-refractivity contribution in [1.29, 1.82) is 0 Å². The van der Waals surface area contributed by atoms with Gasteiger partial charge in [0.2, 0.25) is 0 Å². The molecule has 2 rings (SSSR count). The zero-order valence-corrected chi connectivity index (χ0v) is 12.9. The average molecular weight is 296 g/mol. The molecular weight excluding hydrogens is 268 g/mol. The normalized spacial score (nSPS) is 23.8. The van der Waals surface area contributed by atoms with Gasteiger partial charge in [0.15, 0.2) is 0 Å². The molecule has 0 radical (unpaired) electrons. The topological polar surface area (TPSA) is 74.6 Å². The second-order valence-corrected chi connectivity index (χ2v) is 7.35. The number of rotatable bonds is 6. The number of carbonyl (C=O) groups is 2. The highest BCUT2D eigenvalue weighted by molar-refractivity contribution is 5.67. The minimum absolute atomic E-state index is 0.0422. The fraction of sp³-hybridized carbons (Fsp3) is 0.882. The van der Waals surface area contributed by atoms with Gasteiger partial charge in [-0.3, -0.25) is 9.59 Å². The Kier molecular flexibility index (Phi) is 5.28. The Balaban J connectivity index is 1.97. The van der Waals surface area contributed by atoms with E-state index in [1.807, 2.05) is 0 Å². The zero-order chi connectivity index (χ0) is 15.3. The molecule has 0 heterocycles. The second kappa shape index (κ2) is 6.80. The Morgan fingerprint density at radius 1 is 0.714 bits per heavy atom. The van der Waals surface area contributed by atoms with Crippen molar-refractivity contribution in [1.82, 2.24) is 0 Å². The summed E-state index contributed by atoms with van der Waals surface area (Å²) in [5, 5.41) is 17.9. The molecule has 2 saturated carbocycles. The van der Waals surface area contributed by atoms with Crippen molar-refractivity contribution in [2.24, 2.45) is 10.8 Å². The van der Waals surface area contributed by atoms with Gasteiger partial charge in [-0.15, -0.1) is 0 Å². The second-order valence-electron chi connectivity index (χ2n) is 7.35. The van der Waals surface area contributed by atoms with Crippen LogP contribution in [0.2, 0.25) is 0 Å².